The summed E-state index contributed by atoms with van der Waals surface area (Å²) in [7, 11) is 0. The van der Waals surface area contributed by atoms with Gasteiger partial charge in [0.05, 0.1) is 0 Å². The van der Waals surface area contributed by atoms with Crippen molar-refractivity contribution in [2.45, 2.75) is 64.3 Å². The van der Waals surface area contributed by atoms with Crippen LogP contribution in [0.4, 0.5) is 0 Å². The van der Waals surface area contributed by atoms with E-state index in [1.54, 1.807) is 0 Å². The lowest BCUT2D eigenvalue weighted by molar-refractivity contribution is 0.118. The van der Waals surface area contributed by atoms with Crippen LogP contribution in [-0.2, 0) is 0 Å². The molecule has 1 aliphatic heterocycles. The van der Waals surface area contributed by atoms with Crippen molar-refractivity contribution >= 4 is 0 Å². The van der Waals surface area contributed by atoms with Gasteiger partial charge < -0.3 is 10.6 Å². The van der Waals surface area contributed by atoms with Gasteiger partial charge in [0.15, 0.2) is 0 Å². The van der Waals surface area contributed by atoms with E-state index in [1.165, 1.54) is 64.5 Å². The minimum Gasteiger partial charge on any atom is -0.330 e. The molecule has 0 radical (unpaired) electrons. The van der Waals surface area contributed by atoms with Gasteiger partial charge in [-0.2, -0.15) is 0 Å². The molecule has 1 saturated heterocycles. The van der Waals surface area contributed by atoms with Gasteiger partial charge in [-0.05, 0) is 70.0 Å². The van der Waals surface area contributed by atoms with Crippen LogP contribution in [-0.4, -0.2) is 30.6 Å². The summed E-state index contributed by atoms with van der Waals surface area (Å²) in [6.07, 6.45) is 11.3. The van der Waals surface area contributed by atoms with Crippen LogP contribution in [0.2, 0.25) is 0 Å². The normalized spacial score (nSPS) is 33.5. The Balaban J connectivity index is 1.75. The molecule has 1 saturated carbocycles. The van der Waals surface area contributed by atoms with E-state index in [-0.39, 0.29) is 0 Å². The minimum atomic E-state index is 0.881. The van der Waals surface area contributed by atoms with Crippen molar-refractivity contribution in [3.8, 4) is 0 Å². The molecule has 2 heteroatoms. The topological polar surface area (TPSA) is 29.3 Å². The molecular weight excluding hydrogens is 208 g/mol. The zero-order chi connectivity index (χ0) is 12.1. The smallest absolute Gasteiger partial charge is 0.00953 e. The molecule has 1 heterocycles. The quantitative estimate of drug-likeness (QED) is 0.766. The van der Waals surface area contributed by atoms with Crippen LogP contribution in [0.15, 0.2) is 0 Å². The van der Waals surface area contributed by atoms with E-state index >= 15 is 0 Å². The molecule has 0 aromatic rings. The fraction of sp³-hybridized carbons (Fsp3) is 1.00. The summed E-state index contributed by atoms with van der Waals surface area (Å²) in [5, 5.41) is 0. The molecule has 2 atom stereocenters. The molecule has 0 spiro atoms. The zero-order valence-corrected chi connectivity index (χ0v) is 11.5. The van der Waals surface area contributed by atoms with Crippen LogP contribution in [0.5, 0.6) is 0 Å². The lowest BCUT2D eigenvalue weighted by Gasteiger charge is -2.37. The molecule has 2 rings (SSSR count). The Hall–Kier alpha value is -0.0800. The molecule has 2 aliphatic rings. The summed E-state index contributed by atoms with van der Waals surface area (Å²) in [6.45, 7) is 5.98. The van der Waals surface area contributed by atoms with Gasteiger partial charge in [-0.15, -0.1) is 0 Å². The lowest BCUT2D eigenvalue weighted by Crippen LogP contribution is -2.41. The van der Waals surface area contributed by atoms with Crippen molar-refractivity contribution in [1.29, 1.82) is 0 Å². The second-order valence-corrected chi connectivity index (χ2v) is 6.32. The van der Waals surface area contributed by atoms with E-state index in [0.717, 1.165) is 24.4 Å². The molecule has 2 nitrogen and oxygen atoms in total. The average molecular weight is 238 g/mol. The fourth-order valence-electron chi connectivity index (χ4n) is 3.68. The Labute approximate surface area is 107 Å². The zero-order valence-electron chi connectivity index (χ0n) is 11.5. The van der Waals surface area contributed by atoms with E-state index in [1.807, 2.05) is 0 Å². The van der Waals surface area contributed by atoms with Crippen molar-refractivity contribution in [3.05, 3.63) is 0 Å². The molecule has 1 aliphatic carbocycles. The number of nitrogens with zero attached hydrogens (tertiary/aromatic N) is 1. The van der Waals surface area contributed by atoms with Gasteiger partial charge in [-0.25, -0.2) is 0 Å². The molecule has 0 amide bonds. The Morgan fingerprint density at radius 2 is 1.76 bits per heavy atom. The third-order valence-corrected chi connectivity index (χ3v) is 4.97. The van der Waals surface area contributed by atoms with Crippen molar-refractivity contribution in [2.75, 3.05) is 19.6 Å². The van der Waals surface area contributed by atoms with E-state index in [0.29, 0.717) is 0 Å². The molecule has 2 unspecified atom stereocenters. The van der Waals surface area contributed by atoms with Crippen LogP contribution in [0, 0.1) is 11.8 Å². The highest BCUT2D eigenvalue weighted by atomic mass is 15.2. The maximum Gasteiger partial charge on any atom is 0.00953 e. The molecule has 100 valence electrons. The maximum atomic E-state index is 5.66. The van der Waals surface area contributed by atoms with Gasteiger partial charge in [-0.3, -0.25) is 0 Å². The first-order chi connectivity index (χ1) is 8.29. The van der Waals surface area contributed by atoms with Gasteiger partial charge in [0.1, 0.15) is 0 Å². The van der Waals surface area contributed by atoms with Gasteiger partial charge in [0.2, 0.25) is 0 Å². The summed E-state index contributed by atoms with van der Waals surface area (Å²) < 4.78 is 0. The fourth-order valence-corrected chi connectivity index (χ4v) is 3.68. The van der Waals surface area contributed by atoms with E-state index in [4.69, 9.17) is 5.73 Å². The second kappa shape index (κ2) is 6.75. The minimum absolute atomic E-state index is 0.881. The predicted octanol–water partition coefficient (Wildman–Crippen LogP) is 3.02. The average Bonchev–Trinajstić information content (AvgIpc) is 2.56. The second-order valence-electron chi connectivity index (χ2n) is 6.32. The van der Waals surface area contributed by atoms with Crippen LogP contribution in [0.25, 0.3) is 0 Å². The van der Waals surface area contributed by atoms with Crippen molar-refractivity contribution in [3.63, 3.8) is 0 Å². The highest BCUT2D eigenvalue weighted by molar-refractivity contribution is 4.81. The molecule has 0 aromatic carbocycles. The van der Waals surface area contributed by atoms with Crippen LogP contribution in [0.3, 0.4) is 0 Å². The number of likely N-dealkylation sites (tertiary alicyclic amines) is 1. The number of hydrogen-bond acceptors (Lipinski definition) is 2. The summed E-state index contributed by atoms with van der Waals surface area (Å²) in [5.74, 6) is 1.88. The summed E-state index contributed by atoms with van der Waals surface area (Å²) >= 11 is 0. The Morgan fingerprint density at radius 1 is 1.00 bits per heavy atom. The maximum absolute atomic E-state index is 5.66. The van der Waals surface area contributed by atoms with Crippen LogP contribution in [0.1, 0.15) is 58.3 Å². The monoisotopic (exact) mass is 238 g/mol. The Kier molecular flexibility index (Phi) is 5.30. The third-order valence-electron chi connectivity index (χ3n) is 4.97. The lowest BCUT2D eigenvalue weighted by atomic mass is 9.92. The molecule has 17 heavy (non-hydrogen) atoms. The predicted molar refractivity (Wildman–Crippen MR) is 74.0 cm³/mol. The largest absolute Gasteiger partial charge is 0.330 e. The van der Waals surface area contributed by atoms with Gasteiger partial charge >= 0.3 is 0 Å². The first-order valence-corrected chi connectivity index (χ1v) is 7.73. The Bertz CT molecular complexity index is 209. The third kappa shape index (κ3) is 3.96. The molecule has 2 N–H and O–H groups in total. The Morgan fingerprint density at radius 3 is 2.47 bits per heavy atom. The summed E-state index contributed by atoms with van der Waals surface area (Å²) in [6, 6.07) is 0.902. The highest BCUT2D eigenvalue weighted by Gasteiger charge is 2.26. The van der Waals surface area contributed by atoms with Crippen molar-refractivity contribution in [1.82, 2.24) is 4.90 Å². The molecule has 2 fully saturated rings. The first kappa shape index (κ1) is 13.4. The highest BCUT2D eigenvalue weighted by Crippen LogP contribution is 2.29. The molecule has 0 bridgehead atoms. The van der Waals surface area contributed by atoms with Crippen molar-refractivity contribution in [2.24, 2.45) is 17.6 Å². The van der Waals surface area contributed by atoms with Gasteiger partial charge in [0.25, 0.3) is 0 Å². The van der Waals surface area contributed by atoms with E-state index in [9.17, 15) is 0 Å². The first-order valence-electron chi connectivity index (χ1n) is 7.73. The number of nitrogens with two attached hydrogens (primary N) is 1. The van der Waals surface area contributed by atoms with Crippen LogP contribution < -0.4 is 5.73 Å². The molecular formula is C15H30N2. The number of hydrogen-bond donors (Lipinski definition) is 1. The summed E-state index contributed by atoms with van der Waals surface area (Å²) in [5.41, 5.74) is 5.66. The van der Waals surface area contributed by atoms with Crippen LogP contribution >= 0.6 is 0 Å². The van der Waals surface area contributed by atoms with Crippen molar-refractivity contribution < 1.29 is 0 Å². The number of piperidine rings is 1. The standard InChI is InChI=1S/C15H30N2/c1-13-3-2-4-15(6-5-13)17-11-8-14(7-10-16)9-12-17/h13-15H,2-12,16H2,1H3. The summed E-state index contributed by atoms with van der Waals surface area (Å²) in [4.78, 5) is 2.78. The molecule has 0 aromatic heterocycles. The number of rotatable bonds is 3. The SMILES string of the molecule is CC1CCCC(N2CCC(CCN)CC2)CC1. The van der Waals surface area contributed by atoms with E-state index < -0.39 is 0 Å². The van der Waals surface area contributed by atoms with Gasteiger partial charge in [0, 0.05) is 6.04 Å². The van der Waals surface area contributed by atoms with E-state index in [2.05, 4.69) is 11.8 Å². The van der Waals surface area contributed by atoms with Gasteiger partial charge in [-0.1, -0.05) is 19.8 Å².